The maximum Gasteiger partial charge on any atom is 0.322 e. The maximum atomic E-state index is 12.8. The molecule has 122 valence electrons. The number of carboxylic acid groups (broad SMARTS) is 1. The zero-order valence-electron chi connectivity index (χ0n) is 12.1. The van der Waals surface area contributed by atoms with Gasteiger partial charge in [0.25, 0.3) is 0 Å². The normalized spacial score (nSPS) is 19.1. The maximum absolute atomic E-state index is 12.8. The standard InChI is InChI=1S/C13H16BrNO6S/c1-20-10-7-12(11(21-2)6-8(10)14)22(18,19)15-5-3-4-9(15)13(16)17/h6-7,9H,3-5H2,1-2H3,(H,16,17)/t9-/m1/s1. The van der Waals surface area contributed by atoms with Gasteiger partial charge >= 0.3 is 5.97 Å². The fraction of sp³-hybridized carbons (Fsp3) is 0.462. The van der Waals surface area contributed by atoms with Crippen LogP contribution < -0.4 is 9.47 Å². The fourth-order valence-electron chi connectivity index (χ4n) is 2.43. The average Bonchev–Trinajstić information content (AvgIpc) is 2.97. The van der Waals surface area contributed by atoms with Gasteiger partial charge in [-0.2, -0.15) is 4.31 Å². The van der Waals surface area contributed by atoms with Gasteiger partial charge in [0.15, 0.2) is 0 Å². The van der Waals surface area contributed by atoms with Crippen molar-refractivity contribution >= 4 is 31.9 Å². The molecule has 0 amide bonds. The molecule has 1 aliphatic rings. The van der Waals surface area contributed by atoms with E-state index in [0.717, 1.165) is 4.31 Å². The van der Waals surface area contributed by atoms with E-state index in [-0.39, 0.29) is 17.2 Å². The van der Waals surface area contributed by atoms with Crippen molar-refractivity contribution in [2.45, 2.75) is 23.8 Å². The van der Waals surface area contributed by atoms with Crippen LogP contribution in [0.3, 0.4) is 0 Å². The molecule has 1 aromatic rings. The minimum Gasteiger partial charge on any atom is -0.496 e. The highest BCUT2D eigenvalue weighted by Crippen LogP contribution is 2.38. The number of rotatable bonds is 5. The smallest absolute Gasteiger partial charge is 0.322 e. The van der Waals surface area contributed by atoms with Crippen LogP contribution in [0, 0.1) is 0 Å². The van der Waals surface area contributed by atoms with Crippen LogP contribution in [-0.4, -0.2) is 50.6 Å². The van der Waals surface area contributed by atoms with E-state index in [0.29, 0.717) is 23.1 Å². The Balaban J connectivity index is 2.56. The molecule has 9 heteroatoms. The van der Waals surface area contributed by atoms with Crippen LogP contribution in [0.5, 0.6) is 11.5 Å². The van der Waals surface area contributed by atoms with Crippen molar-refractivity contribution in [1.82, 2.24) is 4.31 Å². The predicted molar refractivity (Wildman–Crippen MR) is 81.8 cm³/mol. The van der Waals surface area contributed by atoms with E-state index >= 15 is 0 Å². The third kappa shape index (κ3) is 2.92. The van der Waals surface area contributed by atoms with Crippen LogP contribution in [0.1, 0.15) is 12.8 Å². The second kappa shape index (κ2) is 6.43. The van der Waals surface area contributed by atoms with E-state index in [1.165, 1.54) is 26.4 Å². The zero-order chi connectivity index (χ0) is 16.5. The van der Waals surface area contributed by atoms with Gasteiger partial charge in [-0.15, -0.1) is 0 Å². The Bertz CT molecular complexity index is 690. The van der Waals surface area contributed by atoms with Gasteiger partial charge in [0, 0.05) is 12.6 Å². The van der Waals surface area contributed by atoms with E-state index < -0.39 is 22.0 Å². The third-order valence-electron chi connectivity index (χ3n) is 3.51. The molecule has 1 heterocycles. The monoisotopic (exact) mass is 393 g/mol. The summed E-state index contributed by atoms with van der Waals surface area (Å²) in [4.78, 5) is 11.1. The summed E-state index contributed by atoms with van der Waals surface area (Å²) in [5.41, 5.74) is 0. The van der Waals surface area contributed by atoms with Gasteiger partial charge in [0.05, 0.1) is 18.7 Å². The summed E-state index contributed by atoms with van der Waals surface area (Å²) in [5, 5.41) is 9.20. The average molecular weight is 394 g/mol. The zero-order valence-corrected chi connectivity index (χ0v) is 14.5. The molecule has 1 fully saturated rings. The molecule has 0 bridgehead atoms. The summed E-state index contributed by atoms with van der Waals surface area (Å²) >= 11 is 3.26. The molecule has 0 spiro atoms. The van der Waals surface area contributed by atoms with Crippen molar-refractivity contribution in [3.63, 3.8) is 0 Å². The Kier molecular flexibility index (Phi) is 4.98. The van der Waals surface area contributed by atoms with Gasteiger partial charge < -0.3 is 14.6 Å². The summed E-state index contributed by atoms with van der Waals surface area (Å²) < 4.78 is 37.4. The van der Waals surface area contributed by atoms with Crippen molar-refractivity contribution in [2.75, 3.05) is 20.8 Å². The lowest BCUT2D eigenvalue weighted by Gasteiger charge is -2.22. The molecule has 22 heavy (non-hydrogen) atoms. The van der Waals surface area contributed by atoms with E-state index in [1.807, 2.05) is 0 Å². The Morgan fingerprint density at radius 2 is 1.95 bits per heavy atom. The van der Waals surface area contributed by atoms with E-state index in [4.69, 9.17) is 9.47 Å². The summed E-state index contributed by atoms with van der Waals surface area (Å²) in [6.07, 6.45) is 0.802. The van der Waals surface area contributed by atoms with Crippen LogP contribution in [0.15, 0.2) is 21.5 Å². The van der Waals surface area contributed by atoms with Gasteiger partial charge in [0.2, 0.25) is 10.0 Å². The van der Waals surface area contributed by atoms with Crippen molar-refractivity contribution in [3.8, 4) is 11.5 Å². The number of hydrogen-bond donors (Lipinski definition) is 1. The Hall–Kier alpha value is -1.32. The predicted octanol–water partition coefficient (Wildman–Crippen LogP) is 1.70. The number of nitrogens with zero attached hydrogens (tertiary/aromatic N) is 1. The molecule has 7 nitrogen and oxygen atoms in total. The van der Waals surface area contributed by atoms with Crippen LogP contribution in [0.2, 0.25) is 0 Å². The van der Waals surface area contributed by atoms with Crippen molar-refractivity contribution in [2.24, 2.45) is 0 Å². The molecule has 2 rings (SSSR count). The molecule has 0 aromatic heterocycles. The topological polar surface area (TPSA) is 93.1 Å². The SMILES string of the molecule is COc1cc(S(=O)(=O)N2CCC[C@@H]2C(=O)O)c(OC)cc1Br. The molecule has 1 saturated heterocycles. The number of carbonyl (C=O) groups is 1. The molecular formula is C13H16BrNO6S. The molecule has 1 aromatic carbocycles. The molecule has 1 atom stereocenters. The molecular weight excluding hydrogens is 378 g/mol. The minimum absolute atomic E-state index is 0.108. The summed E-state index contributed by atoms with van der Waals surface area (Å²) in [6, 6.07) is 1.76. The molecule has 0 saturated carbocycles. The Labute approximate surface area is 137 Å². The lowest BCUT2D eigenvalue weighted by atomic mass is 10.2. The molecule has 1 N–H and O–H groups in total. The van der Waals surface area contributed by atoms with Crippen LogP contribution >= 0.6 is 15.9 Å². The quantitative estimate of drug-likeness (QED) is 0.817. The first-order valence-corrected chi connectivity index (χ1v) is 8.72. The highest BCUT2D eigenvalue weighted by Gasteiger charge is 2.41. The number of hydrogen-bond acceptors (Lipinski definition) is 5. The number of benzene rings is 1. The lowest BCUT2D eigenvalue weighted by Crippen LogP contribution is -2.40. The van der Waals surface area contributed by atoms with Crippen LogP contribution in [-0.2, 0) is 14.8 Å². The number of sulfonamides is 1. The number of halogens is 1. The van der Waals surface area contributed by atoms with Gasteiger partial charge in [-0.1, -0.05) is 0 Å². The summed E-state index contributed by atoms with van der Waals surface area (Å²) in [7, 11) is -1.23. The van der Waals surface area contributed by atoms with Gasteiger partial charge in [-0.05, 0) is 34.8 Å². The second-order valence-corrected chi connectivity index (χ2v) is 7.46. The Morgan fingerprint density at radius 1 is 1.32 bits per heavy atom. The molecule has 0 unspecified atom stereocenters. The second-order valence-electron chi connectivity index (χ2n) is 4.75. The van der Waals surface area contributed by atoms with Crippen molar-refractivity contribution in [3.05, 3.63) is 16.6 Å². The van der Waals surface area contributed by atoms with Crippen molar-refractivity contribution < 1.29 is 27.8 Å². The van der Waals surface area contributed by atoms with Gasteiger partial charge in [-0.3, -0.25) is 4.79 Å². The van der Waals surface area contributed by atoms with Crippen LogP contribution in [0.4, 0.5) is 0 Å². The van der Waals surface area contributed by atoms with E-state index in [9.17, 15) is 18.3 Å². The lowest BCUT2D eigenvalue weighted by molar-refractivity contribution is -0.140. The first-order valence-electron chi connectivity index (χ1n) is 6.49. The van der Waals surface area contributed by atoms with Crippen LogP contribution in [0.25, 0.3) is 0 Å². The molecule has 0 radical (unpaired) electrons. The molecule has 1 aliphatic heterocycles. The number of carboxylic acids is 1. The largest absolute Gasteiger partial charge is 0.496 e. The first-order chi connectivity index (χ1) is 10.3. The fourth-order valence-corrected chi connectivity index (χ4v) is 4.72. The summed E-state index contributed by atoms with van der Waals surface area (Å²) in [5.74, 6) is -0.696. The van der Waals surface area contributed by atoms with Gasteiger partial charge in [-0.25, -0.2) is 8.42 Å². The van der Waals surface area contributed by atoms with Crippen molar-refractivity contribution in [1.29, 1.82) is 0 Å². The first kappa shape index (κ1) is 17.0. The van der Waals surface area contributed by atoms with E-state index in [2.05, 4.69) is 15.9 Å². The number of ether oxygens (including phenoxy) is 2. The number of methoxy groups -OCH3 is 2. The Morgan fingerprint density at radius 3 is 2.50 bits per heavy atom. The highest BCUT2D eigenvalue weighted by atomic mass is 79.9. The summed E-state index contributed by atoms with van der Waals surface area (Å²) in [6.45, 7) is 0.167. The third-order valence-corrected chi connectivity index (χ3v) is 6.06. The highest BCUT2D eigenvalue weighted by molar-refractivity contribution is 9.10. The number of aliphatic carboxylic acids is 1. The van der Waals surface area contributed by atoms with E-state index in [1.54, 1.807) is 0 Å². The minimum atomic E-state index is -4.00. The van der Waals surface area contributed by atoms with Gasteiger partial charge in [0.1, 0.15) is 22.4 Å². The molecule has 0 aliphatic carbocycles.